The molecule has 3 atom stereocenters. The molecule has 0 saturated carbocycles. The molecule has 0 spiro atoms. The summed E-state index contributed by atoms with van der Waals surface area (Å²) >= 11 is 2.31. The van der Waals surface area contributed by atoms with E-state index in [2.05, 4.69) is 4.98 Å². The van der Waals surface area contributed by atoms with Gasteiger partial charge in [0.2, 0.25) is 11.8 Å². The predicted octanol–water partition coefficient (Wildman–Crippen LogP) is 3.37. The largest absolute Gasteiger partial charge is 0.307 e. The van der Waals surface area contributed by atoms with Gasteiger partial charge in [-0.05, 0) is 29.8 Å². The maximum atomic E-state index is 13.4. The molecule has 0 bridgehead atoms. The molecule has 2 aromatic carbocycles. The number of thioether (sulfide) groups is 1. The number of aromatic amines is 1. The first-order chi connectivity index (χ1) is 13.5. The van der Waals surface area contributed by atoms with Gasteiger partial charge in [0.25, 0.3) is 0 Å². The molecule has 2 aliphatic rings. The lowest BCUT2D eigenvalue weighted by Crippen LogP contribution is -2.32. The first kappa shape index (κ1) is 17.4. The summed E-state index contributed by atoms with van der Waals surface area (Å²) in [5.41, 5.74) is 1.24. The molecule has 140 valence electrons. The van der Waals surface area contributed by atoms with Gasteiger partial charge in [-0.3, -0.25) is 14.4 Å². The Morgan fingerprint density at radius 2 is 1.64 bits per heavy atom. The number of imide groups is 1. The second kappa shape index (κ2) is 6.42. The molecule has 28 heavy (non-hydrogen) atoms. The van der Waals surface area contributed by atoms with Crippen molar-refractivity contribution < 1.29 is 14.0 Å². The van der Waals surface area contributed by atoms with Crippen LogP contribution in [0, 0.1) is 11.7 Å². The summed E-state index contributed by atoms with van der Waals surface area (Å²) in [6.45, 7) is 0. The van der Waals surface area contributed by atoms with E-state index in [1.54, 1.807) is 0 Å². The van der Waals surface area contributed by atoms with E-state index in [1.165, 1.54) is 36.0 Å². The number of aromatic nitrogens is 1. The van der Waals surface area contributed by atoms with Crippen LogP contribution in [-0.4, -0.2) is 22.0 Å². The highest BCUT2D eigenvalue weighted by molar-refractivity contribution is 8.00. The van der Waals surface area contributed by atoms with E-state index in [1.807, 2.05) is 30.3 Å². The van der Waals surface area contributed by atoms with Crippen molar-refractivity contribution in [3.05, 3.63) is 80.5 Å². The number of nitrogens with zero attached hydrogens (tertiary/aromatic N) is 1. The van der Waals surface area contributed by atoms with Crippen LogP contribution >= 0.6 is 23.1 Å². The van der Waals surface area contributed by atoms with Gasteiger partial charge in [-0.1, -0.05) is 53.4 Å². The Morgan fingerprint density at radius 1 is 0.929 bits per heavy atom. The summed E-state index contributed by atoms with van der Waals surface area (Å²) in [7, 11) is 0. The van der Waals surface area contributed by atoms with Crippen LogP contribution in [0.25, 0.3) is 0 Å². The van der Waals surface area contributed by atoms with Crippen LogP contribution in [0.15, 0.2) is 64.4 Å². The van der Waals surface area contributed by atoms with Crippen molar-refractivity contribution in [1.29, 1.82) is 0 Å². The molecule has 2 unspecified atom stereocenters. The van der Waals surface area contributed by atoms with Gasteiger partial charge < -0.3 is 4.98 Å². The van der Waals surface area contributed by atoms with Gasteiger partial charge in [0, 0.05) is 10.8 Å². The topological polar surface area (TPSA) is 70.2 Å². The molecule has 3 heterocycles. The van der Waals surface area contributed by atoms with Crippen LogP contribution in [0.1, 0.15) is 16.4 Å². The summed E-state index contributed by atoms with van der Waals surface area (Å²) in [6, 6.07) is 14.8. The molecule has 8 heteroatoms. The molecule has 5 rings (SSSR count). The minimum Gasteiger partial charge on any atom is -0.307 e. The summed E-state index contributed by atoms with van der Waals surface area (Å²) in [5.74, 6) is -2.10. The van der Waals surface area contributed by atoms with E-state index in [9.17, 15) is 18.8 Å². The van der Waals surface area contributed by atoms with Gasteiger partial charge in [-0.15, -0.1) is 0 Å². The zero-order valence-corrected chi connectivity index (χ0v) is 15.9. The zero-order chi connectivity index (χ0) is 19.4. The molecule has 5 nitrogen and oxygen atoms in total. The number of nitrogens with one attached hydrogen (secondary N) is 1. The van der Waals surface area contributed by atoms with E-state index in [-0.39, 0.29) is 22.6 Å². The number of H-pyrrole nitrogens is 1. The van der Waals surface area contributed by atoms with Gasteiger partial charge in [-0.25, -0.2) is 9.29 Å². The molecule has 1 aromatic heterocycles. The van der Waals surface area contributed by atoms with Crippen molar-refractivity contribution in [2.45, 2.75) is 16.2 Å². The number of hydrogen-bond acceptors (Lipinski definition) is 5. The van der Waals surface area contributed by atoms with E-state index >= 15 is 0 Å². The number of carbonyl (C=O) groups excluding carboxylic acids is 2. The van der Waals surface area contributed by atoms with Gasteiger partial charge >= 0.3 is 4.87 Å². The van der Waals surface area contributed by atoms with Crippen LogP contribution in [0.2, 0.25) is 0 Å². The molecular formula is C20H13FN2O3S2. The maximum absolute atomic E-state index is 13.4. The zero-order valence-electron chi connectivity index (χ0n) is 14.3. The third-order valence-corrected chi connectivity index (χ3v) is 7.47. The Labute approximate surface area is 167 Å². The summed E-state index contributed by atoms with van der Waals surface area (Å²) in [6.07, 6.45) is 0. The van der Waals surface area contributed by atoms with Crippen LogP contribution in [0.4, 0.5) is 10.1 Å². The Hall–Kier alpha value is -2.71. The summed E-state index contributed by atoms with van der Waals surface area (Å²) in [5, 5.41) is 0.00715. The second-order valence-corrected chi connectivity index (χ2v) is 8.82. The van der Waals surface area contributed by atoms with Crippen molar-refractivity contribution >= 4 is 40.6 Å². The molecule has 2 aliphatic heterocycles. The fourth-order valence-electron chi connectivity index (χ4n) is 3.88. The Morgan fingerprint density at radius 3 is 2.36 bits per heavy atom. The monoisotopic (exact) mass is 412 g/mol. The number of fused-ring (bicyclic) bond motifs is 2. The SMILES string of the molecule is O=C1C2Sc3[nH]c(=O)sc3[C@H](c3ccccc3)C2C(=O)N1c1ccc(F)cc1. The van der Waals surface area contributed by atoms with E-state index in [0.29, 0.717) is 10.7 Å². The van der Waals surface area contributed by atoms with Crippen molar-refractivity contribution in [3.8, 4) is 0 Å². The Balaban J connectivity index is 1.65. The van der Waals surface area contributed by atoms with Gasteiger partial charge in [0.15, 0.2) is 0 Å². The number of anilines is 1. The number of thiazole rings is 1. The number of rotatable bonds is 2. The second-order valence-electron chi connectivity index (χ2n) is 6.65. The van der Waals surface area contributed by atoms with Crippen LogP contribution in [-0.2, 0) is 9.59 Å². The molecule has 1 saturated heterocycles. The fourth-order valence-corrected chi connectivity index (χ4v) is 6.40. The summed E-state index contributed by atoms with van der Waals surface area (Å²) < 4.78 is 13.3. The maximum Gasteiger partial charge on any atom is 0.305 e. The van der Waals surface area contributed by atoms with Crippen molar-refractivity contribution in [3.63, 3.8) is 0 Å². The van der Waals surface area contributed by atoms with E-state index in [4.69, 9.17) is 0 Å². The average Bonchev–Trinajstić information content (AvgIpc) is 3.18. The smallest absolute Gasteiger partial charge is 0.305 e. The van der Waals surface area contributed by atoms with Crippen LogP contribution in [0.5, 0.6) is 0 Å². The fraction of sp³-hybridized carbons (Fsp3) is 0.150. The first-order valence-corrected chi connectivity index (χ1v) is 10.3. The number of benzene rings is 2. The number of amides is 2. The van der Waals surface area contributed by atoms with Gasteiger partial charge in [0.05, 0.1) is 16.6 Å². The number of halogens is 1. The normalized spacial score (nSPS) is 23.6. The molecule has 1 N–H and O–H groups in total. The first-order valence-electron chi connectivity index (χ1n) is 8.62. The quantitative estimate of drug-likeness (QED) is 0.655. The molecule has 3 aromatic rings. The third kappa shape index (κ3) is 2.56. The highest BCUT2D eigenvalue weighted by Crippen LogP contribution is 2.53. The predicted molar refractivity (Wildman–Crippen MR) is 105 cm³/mol. The van der Waals surface area contributed by atoms with Gasteiger partial charge in [0.1, 0.15) is 11.1 Å². The number of hydrogen-bond donors (Lipinski definition) is 1. The molecular weight excluding hydrogens is 399 g/mol. The van der Waals surface area contributed by atoms with Crippen molar-refractivity contribution in [2.75, 3.05) is 4.90 Å². The molecule has 0 radical (unpaired) electrons. The highest BCUT2D eigenvalue weighted by Gasteiger charge is 2.56. The molecule has 1 fully saturated rings. The average molecular weight is 412 g/mol. The highest BCUT2D eigenvalue weighted by atomic mass is 32.2. The van der Waals surface area contributed by atoms with Crippen LogP contribution in [0.3, 0.4) is 0 Å². The van der Waals surface area contributed by atoms with Crippen LogP contribution < -0.4 is 9.77 Å². The lowest BCUT2D eigenvalue weighted by atomic mass is 9.83. The minimum atomic E-state index is -0.638. The van der Waals surface area contributed by atoms with Crippen molar-refractivity contribution in [2.24, 2.45) is 5.92 Å². The lowest BCUT2D eigenvalue weighted by Gasteiger charge is -2.29. The minimum absolute atomic E-state index is 0.200. The Kier molecular flexibility index (Phi) is 3.99. The summed E-state index contributed by atoms with van der Waals surface area (Å²) in [4.78, 5) is 43.0. The lowest BCUT2D eigenvalue weighted by molar-refractivity contribution is -0.122. The third-order valence-electron chi connectivity index (χ3n) is 5.07. The van der Waals surface area contributed by atoms with Crippen molar-refractivity contribution in [1.82, 2.24) is 4.98 Å². The molecule has 2 amide bonds. The van der Waals surface area contributed by atoms with E-state index < -0.39 is 17.0 Å². The Bertz CT molecular complexity index is 1140. The number of carbonyl (C=O) groups is 2. The van der Waals surface area contributed by atoms with E-state index in [0.717, 1.165) is 26.7 Å². The standard InChI is InChI=1S/C20H13FN2O3S2/c21-11-6-8-12(9-7-11)23-18(24)14-13(10-4-2-1-3-5-10)15-17(22-20(26)28-15)27-16(14)19(23)25/h1-9,13-14,16H,(H,22,26)/t13-,14?,16?/m1/s1. The van der Waals surface area contributed by atoms with Gasteiger partial charge in [-0.2, -0.15) is 0 Å². The molecule has 0 aliphatic carbocycles.